The number of nitrogens with one attached hydrogen (secondary N) is 1. The number of aryl methyl sites for hydroxylation is 1. The lowest BCUT2D eigenvalue weighted by atomic mass is 9.91. The van der Waals surface area contributed by atoms with Gasteiger partial charge in [0.2, 0.25) is 0 Å². The number of nitrogens with zero attached hydrogens (tertiary/aromatic N) is 1. The first-order valence-corrected chi connectivity index (χ1v) is 5.67. The predicted octanol–water partition coefficient (Wildman–Crippen LogP) is 2.01. The summed E-state index contributed by atoms with van der Waals surface area (Å²) in [5.41, 5.74) is 4.09. The van der Waals surface area contributed by atoms with Gasteiger partial charge in [-0.25, -0.2) is 0 Å². The van der Waals surface area contributed by atoms with Gasteiger partial charge in [-0.3, -0.25) is 4.98 Å². The maximum Gasteiger partial charge on any atom is 0.0343 e. The van der Waals surface area contributed by atoms with Crippen molar-refractivity contribution in [3.8, 4) is 0 Å². The highest BCUT2D eigenvalue weighted by molar-refractivity contribution is 5.70. The number of hydrogen-bond donors (Lipinski definition) is 1. The van der Waals surface area contributed by atoms with Gasteiger partial charge in [0.25, 0.3) is 0 Å². The van der Waals surface area contributed by atoms with Gasteiger partial charge >= 0.3 is 0 Å². The van der Waals surface area contributed by atoms with Crippen molar-refractivity contribution >= 4 is 5.57 Å². The molecule has 2 atom stereocenters. The molecule has 2 heteroatoms. The molecule has 78 valence electrons. The third kappa shape index (κ3) is 1.49. The Hall–Kier alpha value is -1.15. The fraction of sp³-hybridized carbons (Fsp3) is 0.462. The maximum atomic E-state index is 4.28. The van der Waals surface area contributed by atoms with Crippen molar-refractivity contribution in [2.24, 2.45) is 11.8 Å². The topological polar surface area (TPSA) is 24.9 Å². The zero-order valence-corrected chi connectivity index (χ0v) is 9.03. The molecule has 0 saturated carbocycles. The number of rotatable bonds is 1. The van der Waals surface area contributed by atoms with E-state index >= 15 is 0 Å². The summed E-state index contributed by atoms with van der Waals surface area (Å²) in [7, 11) is 0. The van der Waals surface area contributed by atoms with Gasteiger partial charge in [0.05, 0.1) is 0 Å². The molecule has 2 nitrogen and oxygen atoms in total. The number of aromatic nitrogens is 1. The molecule has 1 saturated heterocycles. The molecule has 0 radical (unpaired) electrons. The average molecular weight is 200 g/mol. The van der Waals surface area contributed by atoms with E-state index in [1.807, 2.05) is 12.4 Å². The summed E-state index contributed by atoms with van der Waals surface area (Å²) in [6.45, 7) is 4.44. The van der Waals surface area contributed by atoms with Crippen LogP contribution in [0, 0.1) is 18.8 Å². The highest BCUT2D eigenvalue weighted by atomic mass is 14.9. The minimum Gasteiger partial charge on any atom is -0.316 e. The molecule has 2 aliphatic rings. The van der Waals surface area contributed by atoms with Gasteiger partial charge in [0.15, 0.2) is 0 Å². The first-order valence-electron chi connectivity index (χ1n) is 5.67. The Bertz CT molecular complexity index is 409. The normalized spacial score (nSPS) is 29.0. The van der Waals surface area contributed by atoms with Gasteiger partial charge < -0.3 is 5.32 Å². The van der Waals surface area contributed by atoms with E-state index in [9.17, 15) is 0 Å². The van der Waals surface area contributed by atoms with Gasteiger partial charge in [-0.2, -0.15) is 0 Å². The van der Waals surface area contributed by atoms with Crippen LogP contribution in [0.4, 0.5) is 0 Å². The van der Waals surface area contributed by atoms with Gasteiger partial charge in [-0.15, -0.1) is 0 Å². The summed E-state index contributed by atoms with van der Waals surface area (Å²) in [6, 6.07) is 2.25. The summed E-state index contributed by atoms with van der Waals surface area (Å²) >= 11 is 0. The van der Waals surface area contributed by atoms with E-state index in [1.54, 1.807) is 0 Å². The Labute approximate surface area is 90.4 Å². The molecule has 1 aromatic heterocycles. The molecule has 0 bridgehead atoms. The second-order valence-electron chi connectivity index (χ2n) is 4.67. The lowest BCUT2D eigenvalue weighted by Gasteiger charge is -2.13. The lowest BCUT2D eigenvalue weighted by Crippen LogP contribution is -2.10. The van der Waals surface area contributed by atoms with Crippen LogP contribution in [0.3, 0.4) is 0 Å². The molecule has 15 heavy (non-hydrogen) atoms. The molecule has 1 N–H and O–H groups in total. The van der Waals surface area contributed by atoms with E-state index in [2.05, 4.69) is 29.4 Å². The largest absolute Gasteiger partial charge is 0.316 e. The van der Waals surface area contributed by atoms with E-state index in [-0.39, 0.29) is 0 Å². The minimum absolute atomic E-state index is 0.730. The van der Waals surface area contributed by atoms with Crippen molar-refractivity contribution in [2.75, 3.05) is 13.1 Å². The van der Waals surface area contributed by atoms with E-state index < -0.39 is 0 Å². The molecular weight excluding hydrogens is 184 g/mol. The van der Waals surface area contributed by atoms with E-state index in [4.69, 9.17) is 0 Å². The number of pyridine rings is 1. The molecule has 1 aliphatic heterocycles. The van der Waals surface area contributed by atoms with Crippen molar-refractivity contribution in [3.63, 3.8) is 0 Å². The molecule has 0 amide bonds. The van der Waals surface area contributed by atoms with E-state index in [1.165, 1.54) is 29.7 Å². The number of allylic oxidation sites excluding steroid dienone is 1. The summed E-state index contributed by atoms with van der Waals surface area (Å²) in [5.74, 6) is 1.56. The van der Waals surface area contributed by atoms with Crippen LogP contribution in [-0.4, -0.2) is 18.1 Å². The molecule has 1 fully saturated rings. The monoisotopic (exact) mass is 200 g/mol. The van der Waals surface area contributed by atoms with Gasteiger partial charge in [-0.1, -0.05) is 6.08 Å². The standard InChI is InChI=1S/C13H16N2/c1-9-4-11(7-14-5-9)12-3-2-10-6-15-8-13(10)12/h3-5,7,10,13,15H,2,6,8H2,1H3/t10-,13+/m0/s1. The molecule has 0 spiro atoms. The van der Waals surface area contributed by atoms with Crippen molar-refractivity contribution in [1.82, 2.24) is 10.3 Å². The molecule has 1 aromatic rings. The van der Waals surface area contributed by atoms with Gasteiger partial charge in [0.1, 0.15) is 0 Å². The van der Waals surface area contributed by atoms with Crippen LogP contribution >= 0.6 is 0 Å². The maximum absolute atomic E-state index is 4.28. The molecule has 0 unspecified atom stereocenters. The Morgan fingerprint density at radius 2 is 2.27 bits per heavy atom. The Kier molecular flexibility index (Phi) is 2.10. The first kappa shape index (κ1) is 9.10. The van der Waals surface area contributed by atoms with E-state index in [0.717, 1.165) is 18.4 Å². The van der Waals surface area contributed by atoms with Crippen molar-refractivity contribution < 1.29 is 0 Å². The fourth-order valence-corrected chi connectivity index (χ4v) is 2.82. The summed E-state index contributed by atoms with van der Waals surface area (Å²) < 4.78 is 0. The third-order valence-electron chi connectivity index (χ3n) is 3.59. The first-order chi connectivity index (χ1) is 7.34. The zero-order valence-electron chi connectivity index (χ0n) is 9.03. The van der Waals surface area contributed by atoms with Crippen LogP contribution < -0.4 is 5.32 Å². The van der Waals surface area contributed by atoms with Gasteiger partial charge in [0, 0.05) is 24.9 Å². The van der Waals surface area contributed by atoms with Crippen molar-refractivity contribution in [3.05, 3.63) is 35.7 Å². The van der Waals surface area contributed by atoms with Gasteiger partial charge in [-0.05, 0) is 48.6 Å². The smallest absolute Gasteiger partial charge is 0.0343 e. The zero-order chi connectivity index (χ0) is 10.3. The summed E-state index contributed by atoms with van der Waals surface area (Å²) in [4.78, 5) is 4.28. The quantitative estimate of drug-likeness (QED) is 0.750. The van der Waals surface area contributed by atoms with Crippen molar-refractivity contribution in [2.45, 2.75) is 13.3 Å². The van der Waals surface area contributed by atoms with Crippen LogP contribution in [0.1, 0.15) is 17.5 Å². The lowest BCUT2D eigenvalue weighted by molar-refractivity contribution is 0.542. The van der Waals surface area contributed by atoms with Crippen LogP contribution in [0.2, 0.25) is 0 Å². The summed E-state index contributed by atoms with van der Waals surface area (Å²) in [5, 5.41) is 3.48. The fourth-order valence-electron chi connectivity index (χ4n) is 2.82. The second-order valence-corrected chi connectivity index (χ2v) is 4.67. The minimum atomic E-state index is 0.730. The summed E-state index contributed by atoms with van der Waals surface area (Å²) in [6.07, 6.45) is 7.57. The third-order valence-corrected chi connectivity index (χ3v) is 3.59. The Balaban J connectivity index is 1.94. The van der Waals surface area contributed by atoms with E-state index in [0.29, 0.717) is 0 Å². The molecule has 0 aromatic carbocycles. The molecular formula is C13H16N2. The average Bonchev–Trinajstić information content (AvgIpc) is 2.77. The van der Waals surface area contributed by atoms with Crippen LogP contribution in [0.15, 0.2) is 24.5 Å². The molecule has 1 aliphatic carbocycles. The molecule has 2 heterocycles. The second kappa shape index (κ2) is 3.46. The van der Waals surface area contributed by atoms with Crippen LogP contribution in [-0.2, 0) is 0 Å². The molecule has 3 rings (SSSR count). The van der Waals surface area contributed by atoms with Crippen LogP contribution in [0.5, 0.6) is 0 Å². The van der Waals surface area contributed by atoms with Crippen LogP contribution in [0.25, 0.3) is 5.57 Å². The number of fused-ring (bicyclic) bond motifs is 1. The Morgan fingerprint density at radius 1 is 1.33 bits per heavy atom. The predicted molar refractivity (Wildman–Crippen MR) is 61.4 cm³/mol. The SMILES string of the molecule is Cc1cncc(C2=CC[C@H]3CNC[C@@H]23)c1. The highest BCUT2D eigenvalue weighted by Crippen LogP contribution is 2.39. The number of hydrogen-bond acceptors (Lipinski definition) is 2. The highest BCUT2D eigenvalue weighted by Gasteiger charge is 2.34. The van der Waals surface area contributed by atoms with Crippen molar-refractivity contribution in [1.29, 1.82) is 0 Å². The Morgan fingerprint density at radius 3 is 3.13 bits per heavy atom.